The lowest BCUT2D eigenvalue weighted by molar-refractivity contribution is -0.813. The molecule has 8 N–H and O–H groups in total. The Kier molecular flexibility index (Phi) is 7.39. The van der Waals surface area contributed by atoms with E-state index >= 15 is 0 Å². The minimum absolute atomic E-state index is 0.0196. The van der Waals surface area contributed by atoms with Gasteiger partial charge in [-0.15, -0.1) is 6.54 Å². The highest BCUT2D eigenvalue weighted by Crippen LogP contribution is 2.58. The van der Waals surface area contributed by atoms with Gasteiger partial charge in [-0.05, 0) is 55.6 Å². The molecule has 32 heavy (non-hydrogen) atoms. The Hall–Kier alpha value is -1.29. The second-order valence-corrected chi connectivity index (χ2v) is 10.5. The monoisotopic (exact) mass is 445 g/mol. The van der Waals surface area contributed by atoms with Crippen LogP contribution in [0.1, 0.15) is 52.9 Å². The zero-order valence-electron chi connectivity index (χ0n) is 20.0. The van der Waals surface area contributed by atoms with Crippen LogP contribution in [0.5, 0.6) is 0 Å². The van der Waals surface area contributed by atoms with E-state index in [0.29, 0.717) is 18.4 Å². The molecule has 2 bridgehead atoms. The molecule has 0 aromatic carbocycles. The van der Waals surface area contributed by atoms with E-state index in [-0.39, 0.29) is 23.4 Å². The van der Waals surface area contributed by atoms with E-state index in [9.17, 15) is 4.79 Å². The van der Waals surface area contributed by atoms with Crippen LogP contribution in [0.2, 0.25) is 0 Å². The van der Waals surface area contributed by atoms with Crippen molar-refractivity contribution in [1.29, 1.82) is 0 Å². The van der Waals surface area contributed by atoms with Crippen molar-refractivity contribution in [3.8, 4) is 0 Å². The number of carbonyl (C=O) groups is 1. The molecule has 7 atom stereocenters. The Bertz CT molecular complexity index is 759. The van der Waals surface area contributed by atoms with Gasteiger partial charge < -0.3 is 32.5 Å². The number of nitrogens with zero attached hydrogens (tertiary/aromatic N) is 1. The number of rotatable bonds is 8. The van der Waals surface area contributed by atoms with Crippen LogP contribution >= 0.6 is 0 Å². The molecule has 1 saturated carbocycles. The van der Waals surface area contributed by atoms with Crippen LogP contribution in [0.4, 0.5) is 0 Å². The highest BCUT2D eigenvalue weighted by Gasteiger charge is 2.55. The second kappa shape index (κ2) is 9.91. The molecule has 4 aliphatic heterocycles. The van der Waals surface area contributed by atoms with Gasteiger partial charge in [0.25, 0.3) is 5.91 Å². The third-order valence-corrected chi connectivity index (χ3v) is 8.19. The van der Waals surface area contributed by atoms with Crippen LogP contribution in [0.3, 0.4) is 0 Å². The molecule has 8 nitrogen and oxygen atoms in total. The number of nitrogens with one attached hydrogen (secondary N) is 4. The minimum atomic E-state index is -0.448. The van der Waals surface area contributed by atoms with E-state index in [0.717, 1.165) is 68.9 Å². The first-order chi connectivity index (χ1) is 15.4. The zero-order valence-corrected chi connectivity index (χ0v) is 20.0. The highest BCUT2D eigenvalue weighted by atomic mass is 16.1. The van der Waals surface area contributed by atoms with E-state index in [4.69, 9.17) is 11.5 Å². The Balaban J connectivity index is 1.56. The van der Waals surface area contributed by atoms with Crippen molar-refractivity contribution in [2.45, 2.75) is 71.1 Å². The summed E-state index contributed by atoms with van der Waals surface area (Å²) in [5.74, 6) is 0.809. The first-order valence-electron chi connectivity index (χ1n) is 12.6. The maximum Gasteiger partial charge on any atom is 0.250 e. The van der Waals surface area contributed by atoms with Crippen LogP contribution in [0.15, 0.2) is 22.9 Å². The standard InChI is InChI=1S/C24H43N7O/c1-4-6-17-16-12-24(17,3)20(11-15(2)13-25)30-22(26)21(16)23(32)29-18-14-27-9-7-19(18)31-10-5-8-28-31/h7,15,17-18,20,22,27,30-31H,4-6,8-14,25-26H2,1-3H3,(H,29,32). The number of hydrogen-bond donors (Lipinski definition) is 6. The first kappa shape index (κ1) is 23.9. The molecule has 0 aromatic heterocycles. The zero-order chi connectivity index (χ0) is 22.9. The molecule has 0 radical (unpaired) electrons. The number of quaternary nitrogens is 1. The van der Waals surface area contributed by atoms with Crippen LogP contribution in [-0.4, -0.2) is 56.9 Å². The van der Waals surface area contributed by atoms with Gasteiger partial charge in [-0.1, -0.05) is 32.8 Å². The first-order valence-corrected chi connectivity index (χ1v) is 12.6. The van der Waals surface area contributed by atoms with E-state index in [1.54, 1.807) is 0 Å². The summed E-state index contributed by atoms with van der Waals surface area (Å²) in [6, 6.07) is 0.210. The molecule has 0 spiro atoms. The molecule has 2 fully saturated rings. The van der Waals surface area contributed by atoms with Gasteiger partial charge in [0.1, 0.15) is 11.7 Å². The van der Waals surface area contributed by atoms with Crippen LogP contribution in [0, 0.1) is 17.3 Å². The molecule has 5 rings (SSSR count). The molecule has 1 saturated heterocycles. The van der Waals surface area contributed by atoms with Gasteiger partial charge in [-0.25, -0.2) is 0 Å². The van der Waals surface area contributed by atoms with Crippen molar-refractivity contribution in [3.05, 3.63) is 28.3 Å². The van der Waals surface area contributed by atoms with E-state index in [1.807, 2.05) is 0 Å². The minimum Gasteiger partial charge on any atom is -0.449 e. The van der Waals surface area contributed by atoms with Crippen molar-refractivity contribution in [2.75, 3.05) is 32.7 Å². The molecule has 1 amide bonds. The summed E-state index contributed by atoms with van der Waals surface area (Å²) >= 11 is 0. The average Bonchev–Trinajstić information content (AvgIpc) is 3.26. The summed E-state index contributed by atoms with van der Waals surface area (Å²) in [6.45, 7) is 10.9. The van der Waals surface area contributed by atoms with E-state index in [2.05, 4.69) is 48.2 Å². The quantitative estimate of drug-likeness (QED) is 0.311. The molecule has 7 unspecified atom stereocenters. The van der Waals surface area contributed by atoms with Gasteiger partial charge in [-0.3, -0.25) is 10.1 Å². The summed E-state index contributed by atoms with van der Waals surface area (Å²) in [5.41, 5.74) is 20.6. The summed E-state index contributed by atoms with van der Waals surface area (Å²) in [6.07, 6.45) is 6.97. The highest BCUT2D eigenvalue weighted by molar-refractivity contribution is 5.96. The van der Waals surface area contributed by atoms with Gasteiger partial charge in [0.05, 0.1) is 12.7 Å². The van der Waals surface area contributed by atoms with Crippen LogP contribution in [-0.2, 0) is 4.79 Å². The molecule has 1 aliphatic carbocycles. The smallest absolute Gasteiger partial charge is 0.250 e. The van der Waals surface area contributed by atoms with E-state index < -0.39 is 6.17 Å². The molecule has 180 valence electrons. The topological polar surface area (TPSA) is 124 Å². The average molecular weight is 446 g/mol. The van der Waals surface area contributed by atoms with Gasteiger partial charge in [0, 0.05) is 24.7 Å². The number of allylic oxidation sites excluding steroid dienone is 1. The lowest BCUT2D eigenvalue weighted by atomic mass is 9.52. The summed E-state index contributed by atoms with van der Waals surface area (Å²) in [5, 5.41) is 11.5. The predicted molar refractivity (Wildman–Crippen MR) is 127 cm³/mol. The van der Waals surface area contributed by atoms with Crippen LogP contribution in [0.25, 0.3) is 5.43 Å². The third kappa shape index (κ3) is 4.41. The molecule has 5 aliphatic rings. The van der Waals surface area contributed by atoms with Crippen molar-refractivity contribution in [1.82, 2.24) is 16.0 Å². The van der Waals surface area contributed by atoms with E-state index in [1.165, 1.54) is 11.3 Å². The van der Waals surface area contributed by atoms with Crippen molar-refractivity contribution in [3.63, 3.8) is 0 Å². The number of fused-ring (bicyclic) bond motifs is 3. The fourth-order valence-corrected chi connectivity index (χ4v) is 6.30. The fourth-order valence-electron chi connectivity index (χ4n) is 6.30. The molecular formula is C24H43N7O. The number of hydrogen-bond acceptors (Lipinski definition) is 5. The lowest BCUT2D eigenvalue weighted by Gasteiger charge is -2.53. The number of amides is 1. The normalized spacial score (nSPS) is 38.0. The SMILES string of the molecule is CCCC1C2=C(C(=O)NC3CNCC=C3[NH+]3CCC[N-]3)C(N)NC(CC(C)CN)C1(C)C2. The van der Waals surface area contributed by atoms with Gasteiger partial charge in [0.2, 0.25) is 0 Å². The summed E-state index contributed by atoms with van der Waals surface area (Å²) in [7, 11) is 0. The van der Waals surface area contributed by atoms with Crippen LogP contribution < -0.4 is 32.4 Å². The summed E-state index contributed by atoms with van der Waals surface area (Å²) in [4.78, 5) is 13.7. The van der Waals surface area contributed by atoms with Crippen molar-refractivity contribution in [2.24, 2.45) is 28.7 Å². The summed E-state index contributed by atoms with van der Waals surface area (Å²) < 4.78 is 0. The van der Waals surface area contributed by atoms with Crippen molar-refractivity contribution >= 4 is 5.91 Å². The number of carbonyl (C=O) groups excluding carboxylic acids is 1. The van der Waals surface area contributed by atoms with Gasteiger partial charge >= 0.3 is 0 Å². The lowest BCUT2D eigenvalue weighted by Crippen LogP contribution is -3.06. The number of nitrogens with two attached hydrogens (primary N) is 2. The fraction of sp³-hybridized carbons (Fsp3) is 0.792. The third-order valence-electron chi connectivity index (χ3n) is 8.19. The maximum absolute atomic E-state index is 13.7. The Morgan fingerprint density at radius 1 is 1.47 bits per heavy atom. The predicted octanol–water partition coefficient (Wildman–Crippen LogP) is -0.1000. The molecule has 4 heterocycles. The largest absolute Gasteiger partial charge is 0.449 e. The molecular weight excluding hydrogens is 402 g/mol. The second-order valence-electron chi connectivity index (χ2n) is 10.5. The van der Waals surface area contributed by atoms with Gasteiger partial charge in [0.15, 0.2) is 0 Å². The Morgan fingerprint density at radius 3 is 2.97 bits per heavy atom. The van der Waals surface area contributed by atoms with Crippen molar-refractivity contribution < 1.29 is 9.80 Å². The Morgan fingerprint density at radius 2 is 2.28 bits per heavy atom. The molecule has 0 aromatic rings. The van der Waals surface area contributed by atoms with Gasteiger partial charge in [-0.2, -0.15) is 0 Å². The molecule has 8 heteroatoms. The maximum atomic E-state index is 13.7. The Labute approximate surface area is 193 Å².